The molecule has 4 rings (SSSR count). The van der Waals surface area contributed by atoms with Crippen LogP contribution >= 0.6 is 11.8 Å². The lowest BCUT2D eigenvalue weighted by Gasteiger charge is -2.62. The highest BCUT2D eigenvalue weighted by molar-refractivity contribution is 8.14. The minimum Gasteiger partial charge on any atom is -0.458 e. The molecule has 4 aliphatic rings. The van der Waals surface area contributed by atoms with Gasteiger partial charge in [0.1, 0.15) is 12.4 Å². The van der Waals surface area contributed by atoms with Gasteiger partial charge in [-0.25, -0.2) is 18.4 Å². The monoisotopic (exact) mass is 638 g/mol. The predicted octanol–water partition coefficient (Wildman–Crippen LogP) is 4.51. The van der Waals surface area contributed by atoms with Gasteiger partial charge in [-0.05, 0) is 44.3 Å². The summed E-state index contributed by atoms with van der Waals surface area (Å²) in [6.07, 6.45) is 3.40. The smallest absolute Gasteiger partial charge is 0.417 e. The standard InChI is InChI=1S/C32H40F2O9S/c1-6-25(37)43-32(28(40)44-13-9-8-12-42-27(39)26(38)41-7-2)18(3)14-20-21-16-23(33)22-15-19(35)10-11-29(22,4)31(21,34)24(36)17-30(20,32)5/h8-11,18,20-21,24,36H,6-7,12-17H2,1-5H3/t18-,20?,21?,24+,29+,30+,31+,32+/m1/s1. The minimum atomic E-state index is -2.32. The number of hydrogen-bond acceptors (Lipinski definition) is 10. The van der Waals surface area contributed by atoms with Crippen molar-refractivity contribution in [3.05, 3.63) is 35.7 Å². The molecule has 44 heavy (non-hydrogen) atoms. The van der Waals surface area contributed by atoms with Crippen LogP contribution in [0.1, 0.15) is 66.7 Å². The van der Waals surface area contributed by atoms with Gasteiger partial charge < -0.3 is 19.3 Å². The fourth-order valence-electron chi connectivity index (χ4n) is 8.18. The van der Waals surface area contributed by atoms with Gasteiger partial charge in [0.2, 0.25) is 5.12 Å². The molecule has 2 fully saturated rings. The fraction of sp³-hybridized carbons (Fsp3) is 0.656. The summed E-state index contributed by atoms with van der Waals surface area (Å²) < 4.78 is 48.7. The van der Waals surface area contributed by atoms with Gasteiger partial charge in [-0.15, -0.1) is 0 Å². The molecule has 0 spiro atoms. The molecule has 0 aliphatic heterocycles. The molecule has 2 unspecified atom stereocenters. The van der Waals surface area contributed by atoms with Crippen molar-refractivity contribution in [3.63, 3.8) is 0 Å². The number of ketones is 1. The quantitative estimate of drug-likeness (QED) is 0.175. The van der Waals surface area contributed by atoms with Crippen molar-refractivity contribution in [1.29, 1.82) is 0 Å². The van der Waals surface area contributed by atoms with E-state index in [0.717, 1.165) is 11.8 Å². The van der Waals surface area contributed by atoms with Crippen LogP contribution in [0.2, 0.25) is 0 Å². The lowest BCUT2D eigenvalue weighted by Crippen LogP contribution is -2.69. The number of alkyl halides is 1. The average Bonchev–Trinajstić information content (AvgIpc) is 3.19. The first-order valence-corrected chi connectivity index (χ1v) is 16.0. The van der Waals surface area contributed by atoms with Gasteiger partial charge in [-0.2, -0.15) is 0 Å². The van der Waals surface area contributed by atoms with Gasteiger partial charge in [-0.3, -0.25) is 14.4 Å². The largest absolute Gasteiger partial charge is 0.458 e. The van der Waals surface area contributed by atoms with E-state index in [1.165, 1.54) is 25.2 Å². The number of allylic oxidation sites excluding steroid dienone is 4. The van der Waals surface area contributed by atoms with E-state index in [4.69, 9.17) is 9.47 Å². The van der Waals surface area contributed by atoms with E-state index in [2.05, 4.69) is 4.74 Å². The molecule has 0 aromatic rings. The molecular formula is C32H40F2O9S. The lowest BCUT2D eigenvalue weighted by molar-refractivity contribution is -0.223. The van der Waals surface area contributed by atoms with Crippen molar-refractivity contribution in [2.45, 2.75) is 84.1 Å². The van der Waals surface area contributed by atoms with Crippen LogP contribution in [0.25, 0.3) is 0 Å². The predicted molar refractivity (Wildman–Crippen MR) is 156 cm³/mol. The topological polar surface area (TPSA) is 133 Å². The van der Waals surface area contributed by atoms with Crippen molar-refractivity contribution in [3.8, 4) is 0 Å². The Morgan fingerprint density at radius 1 is 1.11 bits per heavy atom. The third kappa shape index (κ3) is 5.15. The van der Waals surface area contributed by atoms with E-state index >= 15 is 8.78 Å². The Morgan fingerprint density at radius 3 is 2.45 bits per heavy atom. The Balaban J connectivity index is 1.62. The van der Waals surface area contributed by atoms with E-state index in [1.807, 2.05) is 0 Å². The summed E-state index contributed by atoms with van der Waals surface area (Å²) in [7, 11) is 0. The Bertz CT molecular complexity index is 1330. The molecular weight excluding hydrogens is 598 g/mol. The zero-order chi connectivity index (χ0) is 32.7. The summed E-state index contributed by atoms with van der Waals surface area (Å²) in [5.74, 6) is -5.95. The molecule has 0 heterocycles. The Labute approximate surface area is 259 Å². The summed E-state index contributed by atoms with van der Waals surface area (Å²) in [6, 6.07) is 0. The number of carbonyl (C=O) groups is 5. The van der Waals surface area contributed by atoms with Crippen LogP contribution in [0, 0.1) is 28.6 Å². The Kier molecular flexibility index (Phi) is 9.66. The number of hydrogen-bond donors (Lipinski definition) is 1. The van der Waals surface area contributed by atoms with E-state index < -0.39 is 74.8 Å². The summed E-state index contributed by atoms with van der Waals surface area (Å²) in [4.78, 5) is 62.1. The molecule has 8 atom stereocenters. The highest BCUT2D eigenvalue weighted by Gasteiger charge is 2.77. The molecule has 0 saturated heterocycles. The van der Waals surface area contributed by atoms with Crippen LogP contribution in [-0.4, -0.2) is 70.3 Å². The molecule has 242 valence electrons. The van der Waals surface area contributed by atoms with Crippen LogP contribution in [0.4, 0.5) is 8.78 Å². The molecule has 9 nitrogen and oxygen atoms in total. The summed E-state index contributed by atoms with van der Waals surface area (Å²) >= 11 is 0.862. The molecule has 4 aliphatic carbocycles. The maximum absolute atomic E-state index is 17.5. The normalized spacial score (nSPS) is 37.7. The first kappa shape index (κ1) is 34.0. The number of halogens is 2. The number of fused-ring (bicyclic) bond motifs is 5. The van der Waals surface area contributed by atoms with Gasteiger partial charge in [-0.1, -0.05) is 50.8 Å². The summed E-state index contributed by atoms with van der Waals surface area (Å²) in [5.41, 5.74) is -6.79. The van der Waals surface area contributed by atoms with Crippen LogP contribution in [0.3, 0.4) is 0 Å². The van der Waals surface area contributed by atoms with Crippen molar-refractivity contribution >= 4 is 40.6 Å². The van der Waals surface area contributed by atoms with Crippen LogP contribution in [0.15, 0.2) is 35.7 Å². The lowest BCUT2D eigenvalue weighted by atomic mass is 9.45. The number of esters is 3. The summed E-state index contributed by atoms with van der Waals surface area (Å²) in [6.45, 7) is 7.93. The zero-order valence-electron chi connectivity index (χ0n) is 25.7. The first-order valence-electron chi connectivity index (χ1n) is 15.0. The van der Waals surface area contributed by atoms with Gasteiger partial charge >= 0.3 is 17.9 Å². The highest BCUT2D eigenvalue weighted by Crippen LogP contribution is 2.72. The number of aliphatic hydroxyl groups excluding tert-OH is 1. The van der Waals surface area contributed by atoms with Gasteiger partial charge in [0.05, 0.1) is 12.7 Å². The highest BCUT2D eigenvalue weighted by atomic mass is 32.2. The number of thioether (sulfide) groups is 1. The van der Waals surface area contributed by atoms with Crippen LogP contribution < -0.4 is 0 Å². The zero-order valence-corrected chi connectivity index (χ0v) is 26.5. The average molecular weight is 639 g/mol. The second kappa shape index (κ2) is 12.5. The molecule has 0 aromatic heterocycles. The fourth-order valence-corrected chi connectivity index (χ4v) is 9.26. The van der Waals surface area contributed by atoms with Crippen molar-refractivity contribution in [1.82, 2.24) is 0 Å². The third-order valence-corrected chi connectivity index (χ3v) is 11.2. The Morgan fingerprint density at radius 2 is 1.80 bits per heavy atom. The van der Waals surface area contributed by atoms with E-state index in [9.17, 15) is 29.1 Å². The molecule has 0 aromatic carbocycles. The number of carbonyl (C=O) groups excluding carboxylic acids is 5. The Hall–Kier alpha value is -2.86. The van der Waals surface area contributed by atoms with E-state index in [-0.39, 0.29) is 62.4 Å². The van der Waals surface area contributed by atoms with Gasteiger partial charge in [0.25, 0.3) is 0 Å². The maximum Gasteiger partial charge on any atom is 0.417 e. The maximum atomic E-state index is 17.5. The molecule has 1 N–H and O–H groups in total. The number of ether oxygens (including phenoxy) is 3. The van der Waals surface area contributed by atoms with Crippen LogP contribution in [-0.2, 0) is 38.2 Å². The van der Waals surface area contributed by atoms with Gasteiger partial charge in [0, 0.05) is 47.7 Å². The van der Waals surface area contributed by atoms with Gasteiger partial charge in [0.15, 0.2) is 17.1 Å². The number of rotatable bonds is 8. The molecule has 0 amide bonds. The van der Waals surface area contributed by atoms with E-state index in [1.54, 1.807) is 33.8 Å². The summed E-state index contributed by atoms with van der Waals surface area (Å²) in [5, 5.41) is 11.2. The molecule has 12 heteroatoms. The van der Waals surface area contributed by atoms with E-state index in [0.29, 0.717) is 0 Å². The minimum absolute atomic E-state index is 0.0183. The van der Waals surface area contributed by atoms with Crippen molar-refractivity contribution in [2.75, 3.05) is 19.0 Å². The number of aliphatic hydroxyl groups is 1. The van der Waals surface area contributed by atoms with Crippen molar-refractivity contribution < 1.29 is 52.1 Å². The first-order chi connectivity index (χ1) is 20.6. The van der Waals surface area contributed by atoms with Crippen LogP contribution in [0.5, 0.6) is 0 Å². The van der Waals surface area contributed by atoms with Crippen molar-refractivity contribution in [2.24, 2.45) is 28.6 Å². The second-order valence-corrected chi connectivity index (χ2v) is 13.5. The molecule has 2 saturated carbocycles. The second-order valence-electron chi connectivity index (χ2n) is 12.5. The molecule has 0 radical (unpaired) electrons. The third-order valence-electron chi connectivity index (χ3n) is 10.3. The molecule has 0 bridgehead atoms. The SMILES string of the molecule is CCOC(=O)C(=O)OCC=CCSC(=O)[C@@]1(OC(=O)CC)[C@H](C)CC2C3CC(F)=C4CC(=O)C=C[C@]4(C)[C@@]3(F)[C@@H](O)C[C@@]21C.